The maximum atomic E-state index is 14.5. The number of hydrogen-bond acceptors (Lipinski definition) is 9. The Morgan fingerprint density at radius 3 is 0.990 bits per heavy atom. The summed E-state index contributed by atoms with van der Waals surface area (Å²) in [6, 6.07) is 2.40. The van der Waals surface area contributed by atoms with Gasteiger partial charge in [0, 0.05) is 56.1 Å². The molecule has 1 N–H and O–H groups in total. The van der Waals surface area contributed by atoms with Crippen LogP contribution in [0.3, 0.4) is 0 Å². The van der Waals surface area contributed by atoms with E-state index in [1.165, 1.54) is 0 Å². The SMILES string of the molecule is CCC(C)(C)C(=O)N[C@H]1CC[C@H](OC(=O)/C=C/c2ccc(OCCCC(C)(OCCC(F)(F)C(F)(F)C(F)(F)C(F)(F)F)OCCC(F)(F)C(F)(F)C(F)(F)C(F)(F)F)c(OCCCC(C)(OCCC(F)(F)C(F)(F)C(F)(F)C(F)(F)F)OCCC(F)(F)C(F)(F)C(F)(F)C(F)(F)F)c2)CC1. The van der Waals surface area contributed by atoms with E-state index in [4.69, 9.17) is 23.7 Å². The minimum absolute atomic E-state index is 0.173. The Kier molecular flexibility index (Phi) is 29.0. The van der Waals surface area contributed by atoms with Crippen molar-refractivity contribution in [3.63, 3.8) is 0 Å². The molecule has 0 aliphatic heterocycles. The second-order valence-corrected chi connectivity index (χ2v) is 23.6. The number of ether oxygens (including phenoxy) is 7. The third-order valence-electron chi connectivity index (χ3n) is 15.4. The van der Waals surface area contributed by atoms with Crippen molar-refractivity contribution in [1.82, 2.24) is 5.32 Å². The summed E-state index contributed by atoms with van der Waals surface area (Å²) in [6.07, 6.45) is -43.1. The van der Waals surface area contributed by atoms with Crippen molar-refractivity contribution in [2.45, 2.75) is 238 Å². The van der Waals surface area contributed by atoms with Gasteiger partial charge in [-0.15, -0.1) is 0 Å². The highest BCUT2D eigenvalue weighted by atomic mass is 19.5. The van der Waals surface area contributed by atoms with Gasteiger partial charge in [0.25, 0.3) is 0 Å². The predicted octanol–water partition coefficient (Wildman–Crippen LogP) is 19.4. The van der Waals surface area contributed by atoms with Crippen LogP contribution in [0.25, 0.3) is 6.08 Å². The fourth-order valence-corrected chi connectivity index (χ4v) is 8.46. The van der Waals surface area contributed by atoms with E-state index in [-0.39, 0.29) is 30.4 Å². The number of esters is 1. The van der Waals surface area contributed by atoms with Crippen molar-refractivity contribution in [3.05, 3.63) is 29.8 Å². The van der Waals surface area contributed by atoms with Gasteiger partial charge in [0.1, 0.15) is 6.10 Å². The summed E-state index contributed by atoms with van der Waals surface area (Å²) >= 11 is 0. The van der Waals surface area contributed by atoms with Crippen molar-refractivity contribution in [2.24, 2.45) is 5.41 Å². The molecule has 1 fully saturated rings. The summed E-state index contributed by atoms with van der Waals surface area (Å²) in [5.74, 6) is -94.4. The highest BCUT2D eigenvalue weighted by Gasteiger charge is 2.85. The van der Waals surface area contributed by atoms with Crippen LogP contribution in [0, 0.1) is 5.41 Å². The van der Waals surface area contributed by atoms with Crippen molar-refractivity contribution < 1.29 is 201 Å². The monoisotopic (exact) mass is 1560 g/mol. The molecule has 1 amide bonds. The number of alkyl halides is 36. The Bertz CT molecular complexity index is 2750. The molecular formula is C55H61F36NO9. The summed E-state index contributed by atoms with van der Waals surface area (Å²) < 4.78 is 525. The highest BCUT2D eigenvalue weighted by molar-refractivity contribution is 5.87. The fourth-order valence-electron chi connectivity index (χ4n) is 8.46. The van der Waals surface area contributed by atoms with E-state index in [1.54, 1.807) is 20.8 Å². The molecule has 0 bridgehead atoms. The lowest BCUT2D eigenvalue weighted by Gasteiger charge is -2.36. The molecular weight excluding hydrogens is 1500 g/mol. The predicted molar refractivity (Wildman–Crippen MR) is 272 cm³/mol. The molecule has 46 heteroatoms. The van der Waals surface area contributed by atoms with Gasteiger partial charge in [0.2, 0.25) is 5.91 Å². The molecule has 1 aromatic carbocycles. The maximum absolute atomic E-state index is 14.5. The molecule has 10 nitrogen and oxygen atoms in total. The lowest BCUT2D eigenvalue weighted by atomic mass is 9.87. The Hall–Kier alpha value is -5.18. The second kappa shape index (κ2) is 31.9. The van der Waals surface area contributed by atoms with Crippen LogP contribution in [0.1, 0.15) is 124 Å². The van der Waals surface area contributed by atoms with E-state index in [9.17, 15) is 168 Å². The summed E-state index contributed by atoms with van der Waals surface area (Å²) in [4.78, 5) is 25.6. The van der Waals surface area contributed by atoms with E-state index in [0.29, 0.717) is 33.1 Å². The smallest absolute Gasteiger partial charge is 0.460 e. The zero-order valence-electron chi connectivity index (χ0n) is 52.3. The summed E-state index contributed by atoms with van der Waals surface area (Å²) in [5.41, 5.74) is -0.908. The number of nitrogens with one attached hydrogen (secondary N) is 1. The van der Waals surface area contributed by atoms with Gasteiger partial charge in [-0.1, -0.05) is 26.8 Å². The van der Waals surface area contributed by atoms with Crippen LogP contribution in [0.5, 0.6) is 11.5 Å². The summed E-state index contributed by atoms with van der Waals surface area (Å²) in [5, 5.41) is 2.87. The van der Waals surface area contributed by atoms with Crippen molar-refractivity contribution in [2.75, 3.05) is 39.6 Å². The number of rotatable bonds is 40. The summed E-state index contributed by atoms with van der Waals surface area (Å²) in [6.45, 7) is -5.21. The quantitative estimate of drug-likeness (QED) is 0.0226. The molecule has 1 aliphatic rings. The average Bonchev–Trinajstić information content (AvgIpc) is 0.765. The Morgan fingerprint density at radius 2 is 0.703 bits per heavy atom. The zero-order chi connectivity index (χ0) is 79.2. The topological polar surface area (TPSA) is 111 Å². The molecule has 1 aliphatic carbocycles. The van der Waals surface area contributed by atoms with E-state index < -0.39 is 227 Å². The van der Waals surface area contributed by atoms with Gasteiger partial charge in [0.05, 0.1) is 39.6 Å². The van der Waals surface area contributed by atoms with Crippen LogP contribution < -0.4 is 14.8 Å². The zero-order valence-corrected chi connectivity index (χ0v) is 52.3. The maximum Gasteiger partial charge on any atom is 0.460 e. The standard InChI is InChI=1S/C55H61F36NO9/c1-6-37(2,3)36(94)92-31-11-13-32(14-12-31)101-35(93)16-10-30-9-15-33(95-23-7-17-38(4,97-25-19-40(56,57)44(64,65)48(72,73)52(80,81)82)98-26-20-41(58,59)45(66,67)49(74,75)53(83,84)85)34(29-30)96-24-8-18-39(5,99-27-21-42(60,61)46(68,69)50(76,77)54(86,87)88)100-28-22-43(62,63)47(70,71)51(78,79)55(89,90)91/h9-10,15-16,29,31-32H,6-8,11-14,17-28H2,1-5H3,(H,92,94)/b16-10+/t31-,32-. The van der Waals surface area contributed by atoms with E-state index in [1.807, 2.05) is 0 Å². The molecule has 1 aromatic rings. The van der Waals surface area contributed by atoms with Crippen LogP contribution in [0.4, 0.5) is 158 Å². The molecule has 0 heterocycles. The summed E-state index contributed by atoms with van der Waals surface area (Å²) in [7, 11) is 0. The normalized spacial score (nSPS) is 17.4. The van der Waals surface area contributed by atoms with Crippen LogP contribution in [0.2, 0.25) is 0 Å². The lowest BCUT2D eigenvalue weighted by molar-refractivity contribution is -0.399. The first-order valence-corrected chi connectivity index (χ1v) is 28.9. The van der Waals surface area contributed by atoms with Crippen LogP contribution in [-0.4, -0.2) is 171 Å². The number of carbonyl (C=O) groups is 2. The molecule has 101 heavy (non-hydrogen) atoms. The van der Waals surface area contributed by atoms with Gasteiger partial charge < -0.3 is 38.5 Å². The van der Waals surface area contributed by atoms with E-state index in [2.05, 4.69) is 14.8 Å². The third-order valence-corrected chi connectivity index (χ3v) is 15.4. The molecule has 0 radical (unpaired) electrons. The fraction of sp³-hybridized carbons (Fsp3) is 0.818. The molecule has 0 aromatic heterocycles. The molecule has 0 unspecified atom stereocenters. The van der Waals surface area contributed by atoms with Crippen LogP contribution in [-0.2, 0) is 33.3 Å². The first kappa shape index (κ1) is 91.9. The number of carbonyl (C=O) groups excluding carboxylic acids is 2. The number of halogens is 36. The van der Waals surface area contributed by atoms with Crippen molar-refractivity contribution in [1.29, 1.82) is 0 Å². The average molecular weight is 1560 g/mol. The van der Waals surface area contributed by atoms with Crippen molar-refractivity contribution in [3.8, 4) is 11.5 Å². The molecule has 0 spiro atoms. The number of benzene rings is 1. The van der Waals surface area contributed by atoms with E-state index in [0.717, 1.165) is 30.4 Å². The first-order valence-electron chi connectivity index (χ1n) is 28.9. The largest absolute Gasteiger partial charge is 0.490 e. The Labute approximate surface area is 547 Å². The molecule has 0 atom stereocenters. The number of hydrogen-bond donors (Lipinski definition) is 1. The van der Waals surface area contributed by atoms with Gasteiger partial charge in [0.15, 0.2) is 23.1 Å². The lowest BCUT2D eigenvalue weighted by Crippen LogP contribution is -2.61. The Morgan fingerprint density at radius 1 is 0.406 bits per heavy atom. The minimum Gasteiger partial charge on any atom is -0.490 e. The second-order valence-electron chi connectivity index (χ2n) is 23.6. The molecule has 1 saturated carbocycles. The molecule has 0 saturated heterocycles. The van der Waals surface area contributed by atoms with Gasteiger partial charge in [-0.2, -0.15) is 158 Å². The van der Waals surface area contributed by atoms with Gasteiger partial charge in [-0.3, -0.25) is 4.79 Å². The number of amides is 1. The van der Waals surface area contributed by atoms with Crippen molar-refractivity contribution >= 4 is 18.0 Å². The minimum atomic E-state index is -7.52. The van der Waals surface area contributed by atoms with Crippen LogP contribution >= 0.6 is 0 Å². The Balaban J connectivity index is 2.64. The van der Waals surface area contributed by atoms with Gasteiger partial charge in [-0.05, 0) is 82.6 Å². The first-order chi connectivity index (χ1) is 44.9. The van der Waals surface area contributed by atoms with E-state index >= 15 is 0 Å². The van der Waals surface area contributed by atoms with Gasteiger partial charge in [-0.25, -0.2) is 4.79 Å². The van der Waals surface area contributed by atoms with Crippen LogP contribution in [0.15, 0.2) is 24.3 Å². The highest BCUT2D eigenvalue weighted by Crippen LogP contribution is 2.58. The molecule has 2 rings (SSSR count). The third kappa shape index (κ3) is 21.3. The molecule has 592 valence electrons. The van der Waals surface area contributed by atoms with Gasteiger partial charge >= 0.3 is 102 Å².